The van der Waals surface area contributed by atoms with Crippen LogP contribution in [0.3, 0.4) is 0 Å². The Hall–Kier alpha value is -2.49. The quantitative estimate of drug-likeness (QED) is 0.892. The van der Waals surface area contributed by atoms with Gasteiger partial charge in [-0.1, -0.05) is 43.2 Å². The van der Waals surface area contributed by atoms with E-state index < -0.39 is 0 Å². The van der Waals surface area contributed by atoms with Crippen LogP contribution in [0.25, 0.3) is 0 Å². The molecule has 4 heteroatoms. The fourth-order valence-electron chi connectivity index (χ4n) is 2.92. The van der Waals surface area contributed by atoms with Gasteiger partial charge in [0.05, 0.1) is 12.2 Å². The van der Waals surface area contributed by atoms with E-state index in [0.29, 0.717) is 6.54 Å². The Morgan fingerprint density at radius 1 is 0.917 bits per heavy atom. The summed E-state index contributed by atoms with van der Waals surface area (Å²) in [5, 5.41) is 3.23. The average molecular weight is 324 g/mol. The minimum Gasteiger partial charge on any atom is -0.455 e. The predicted molar refractivity (Wildman–Crippen MR) is 96.5 cm³/mol. The summed E-state index contributed by atoms with van der Waals surface area (Å²) in [4.78, 5) is 14.4. The molecule has 1 aliphatic rings. The highest BCUT2D eigenvalue weighted by Crippen LogP contribution is 2.28. The highest BCUT2D eigenvalue weighted by atomic mass is 16.5. The Labute approximate surface area is 143 Å². The van der Waals surface area contributed by atoms with Gasteiger partial charge in [0.2, 0.25) is 5.91 Å². The van der Waals surface area contributed by atoms with Gasteiger partial charge in [0.15, 0.2) is 5.75 Å². The number of anilines is 1. The first kappa shape index (κ1) is 16.4. The molecule has 126 valence electrons. The van der Waals surface area contributed by atoms with Crippen molar-refractivity contribution in [2.24, 2.45) is 0 Å². The standard InChI is InChI=1S/C20H24N2O2/c23-20(22-14-8-1-2-9-15-22)16-21-18-12-6-7-13-19(18)24-17-10-4-3-5-11-17/h3-7,10-13,21H,1-2,8-9,14-16H2. The lowest BCUT2D eigenvalue weighted by atomic mass is 10.2. The first-order valence-corrected chi connectivity index (χ1v) is 8.66. The summed E-state index contributed by atoms with van der Waals surface area (Å²) in [6, 6.07) is 17.4. The third kappa shape index (κ3) is 4.51. The molecule has 1 N–H and O–H groups in total. The number of amides is 1. The van der Waals surface area contributed by atoms with Crippen molar-refractivity contribution >= 4 is 11.6 Å². The van der Waals surface area contributed by atoms with Crippen molar-refractivity contribution in [1.29, 1.82) is 0 Å². The van der Waals surface area contributed by atoms with Crippen LogP contribution in [0.5, 0.6) is 11.5 Å². The summed E-state index contributed by atoms with van der Waals surface area (Å²) in [5.41, 5.74) is 0.838. The van der Waals surface area contributed by atoms with E-state index in [1.165, 1.54) is 12.8 Å². The fraction of sp³-hybridized carbons (Fsp3) is 0.350. The molecule has 2 aromatic rings. The third-order valence-electron chi connectivity index (χ3n) is 4.25. The molecule has 1 aliphatic heterocycles. The number of benzene rings is 2. The summed E-state index contributed by atoms with van der Waals surface area (Å²) < 4.78 is 5.92. The number of rotatable bonds is 5. The van der Waals surface area contributed by atoms with Crippen LogP contribution in [0.15, 0.2) is 54.6 Å². The van der Waals surface area contributed by atoms with Gasteiger partial charge in [-0.25, -0.2) is 0 Å². The molecule has 2 aromatic carbocycles. The number of hydrogen-bond acceptors (Lipinski definition) is 3. The lowest BCUT2D eigenvalue weighted by molar-refractivity contribution is -0.129. The first-order chi connectivity index (χ1) is 11.8. The van der Waals surface area contributed by atoms with Crippen LogP contribution in [-0.4, -0.2) is 30.4 Å². The highest BCUT2D eigenvalue weighted by molar-refractivity contribution is 5.81. The van der Waals surface area contributed by atoms with Crippen LogP contribution in [0.2, 0.25) is 0 Å². The third-order valence-corrected chi connectivity index (χ3v) is 4.25. The Morgan fingerprint density at radius 3 is 2.33 bits per heavy atom. The highest BCUT2D eigenvalue weighted by Gasteiger charge is 2.15. The van der Waals surface area contributed by atoms with Gasteiger partial charge in [-0.2, -0.15) is 0 Å². The van der Waals surface area contributed by atoms with Gasteiger partial charge in [-0.3, -0.25) is 4.79 Å². The molecule has 1 heterocycles. The molecule has 24 heavy (non-hydrogen) atoms. The van der Waals surface area contributed by atoms with Crippen molar-refractivity contribution in [2.45, 2.75) is 25.7 Å². The van der Waals surface area contributed by atoms with Crippen LogP contribution in [0.4, 0.5) is 5.69 Å². The second kappa shape index (κ2) is 8.39. The maximum atomic E-state index is 12.4. The molecule has 0 bridgehead atoms. The zero-order valence-corrected chi connectivity index (χ0v) is 13.9. The fourth-order valence-corrected chi connectivity index (χ4v) is 2.92. The minimum atomic E-state index is 0.159. The van der Waals surface area contributed by atoms with Crippen molar-refractivity contribution in [3.8, 4) is 11.5 Å². The molecule has 0 aromatic heterocycles. The van der Waals surface area contributed by atoms with E-state index >= 15 is 0 Å². The largest absolute Gasteiger partial charge is 0.455 e. The summed E-state index contributed by atoms with van der Waals surface area (Å²) >= 11 is 0. The summed E-state index contributed by atoms with van der Waals surface area (Å²) in [6.07, 6.45) is 4.68. The molecule has 4 nitrogen and oxygen atoms in total. The van der Waals surface area contributed by atoms with Crippen LogP contribution in [-0.2, 0) is 4.79 Å². The second-order valence-corrected chi connectivity index (χ2v) is 6.06. The lowest BCUT2D eigenvalue weighted by Crippen LogP contribution is -2.36. The predicted octanol–water partition coefficient (Wildman–Crippen LogP) is 4.29. The normalized spacial score (nSPS) is 14.8. The van der Waals surface area contributed by atoms with Gasteiger partial charge in [0, 0.05) is 13.1 Å². The molecular weight excluding hydrogens is 300 g/mol. The van der Waals surface area contributed by atoms with E-state index in [2.05, 4.69) is 5.32 Å². The number of hydrogen-bond donors (Lipinski definition) is 1. The van der Waals surface area contributed by atoms with Crippen molar-refractivity contribution < 1.29 is 9.53 Å². The van der Waals surface area contributed by atoms with E-state index in [-0.39, 0.29) is 5.91 Å². The van der Waals surface area contributed by atoms with Crippen molar-refractivity contribution in [1.82, 2.24) is 4.90 Å². The van der Waals surface area contributed by atoms with Gasteiger partial charge in [0.25, 0.3) is 0 Å². The van der Waals surface area contributed by atoms with Gasteiger partial charge in [-0.05, 0) is 37.1 Å². The molecule has 0 atom stereocenters. The molecule has 0 saturated carbocycles. The number of para-hydroxylation sites is 3. The molecule has 0 spiro atoms. The number of carbonyl (C=O) groups is 1. The Kier molecular flexibility index (Phi) is 5.72. The summed E-state index contributed by atoms with van der Waals surface area (Å²) in [5.74, 6) is 1.67. The van der Waals surface area contributed by atoms with E-state index in [1.54, 1.807) is 0 Å². The van der Waals surface area contributed by atoms with E-state index in [1.807, 2.05) is 59.5 Å². The minimum absolute atomic E-state index is 0.159. The van der Waals surface area contributed by atoms with Gasteiger partial charge < -0.3 is 15.0 Å². The molecule has 0 radical (unpaired) electrons. The maximum absolute atomic E-state index is 12.4. The summed E-state index contributed by atoms with van der Waals surface area (Å²) in [6.45, 7) is 2.06. The monoisotopic (exact) mass is 324 g/mol. The van der Waals surface area contributed by atoms with Crippen LogP contribution in [0, 0.1) is 0 Å². The van der Waals surface area contributed by atoms with Gasteiger partial charge >= 0.3 is 0 Å². The molecular formula is C20H24N2O2. The van der Waals surface area contributed by atoms with Crippen molar-refractivity contribution in [3.05, 3.63) is 54.6 Å². The van der Waals surface area contributed by atoms with Crippen molar-refractivity contribution in [3.63, 3.8) is 0 Å². The van der Waals surface area contributed by atoms with E-state index in [4.69, 9.17) is 4.74 Å². The Morgan fingerprint density at radius 2 is 1.58 bits per heavy atom. The maximum Gasteiger partial charge on any atom is 0.241 e. The Bertz CT molecular complexity index is 650. The molecule has 1 saturated heterocycles. The van der Waals surface area contributed by atoms with Crippen LogP contribution >= 0.6 is 0 Å². The molecule has 3 rings (SSSR count). The van der Waals surface area contributed by atoms with Crippen molar-refractivity contribution in [2.75, 3.05) is 25.0 Å². The van der Waals surface area contributed by atoms with Crippen LogP contribution < -0.4 is 10.1 Å². The smallest absolute Gasteiger partial charge is 0.241 e. The second-order valence-electron chi connectivity index (χ2n) is 6.06. The first-order valence-electron chi connectivity index (χ1n) is 8.66. The van der Waals surface area contributed by atoms with Gasteiger partial charge in [0.1, 0.15) is 5.75 Å². The summed E-state index contributed by atoms with van der Waals surface area (Å²) in [7, 11) is 0. The lowest BCUT2D eigenvalue weighted by Gasteiger charge is -2.21. The number of nitrogens with one attached hydrogen (secondary N) is 1. The van der Waals surface area contributed by atoms with Gasteiger partial charge in [-0.15, -0.1) is 0 Å². The SMILES string of the molecule is O=C(CNc1ccccc1Oc1ccccc1)N1CCCCCC1. The zero-order chi connectivity index (χ0) is 16.6. The molecule has 0 unspecified atom stereocenters. The van der Waals surface area contributed by atoms with Crippen LogP contribution in [0.1, 0.15) is 25.7 Å². The number of ether oxygens (including phenoxy) is 1. The van der Waals surface area contributed by atoms with E-state index in [9.17, 15) is 4.79 Å². The molecule has 1 amide bonds. The van der Waals surface area contributed by atoms with E-state index in [0.717, 1.165) is 43.1 Å². The molecule has 1 fully saturated rings. The molecule has 0 aliphatic carbocycles. The topological polar surface area (TPSA) is 41.6 Å². The number of nitrogens with zero attached hydrogens (tertiary/aromatic N) is 1. The number of carbonyl (C=O) groups excluding carboxylic acids is 1. The zero-order valence-electron chi connectivity index (χ0n) is 13.9. The average Bonchev–Trinajstić information content (AvgIpc) is 2.91. The Balaban J connectivity index is 1.61. The number of likely N-dealkylation sites (tertiary alicyclic amines) is 1.